The van der Waals surface area contributed by atoms with Gasteiger partial charge in [0.15, 0.2) is 0 Å². The second kappa shape index (κ2) is 7.92. The number of rotatable bonds is 6. The fourth-order valence-electron chi connectivity index (χ4n) is 3.49. The lowest BCUT2D eigenvalue weighted by Crippen LogP contribution is -2.44. The highest BCUT2D eigenvalue weighted by molar-refractivity contribution is 7.09. The Morgan fingerprint density at radius 3 is 2.92 bits per heavy atom. The number of aromatic nitrogens is 3. The van der Waals surface area contributed by atoms with Crippen molar-refractivity contribution in [1.29, 1.82) is 0 Å². The molecule has 24 heavy (non-hydrogen) atoms. The summed E-state index contributed by atoms with van der Waals surface area (Å²) in [6.07, 6.45) is 9.79. The first-order valence-corrected chi connectivity index (χ1v) is 9.69. The normalized spacial score (nSPS) is 18.1. The van der Waals surface area contributed by atoms with Crippen LogP contribution in [-0.4, -0.2) is 37.9 Å². The molecule has 0 bridgehead atoms. The van der Waals surface area contributed by atoms with Crippen molar-refractivity contribution >= 4 is 17.2 Å². The molecule has 2 aromatic rings. The zero-order valence-electron chi connectivity index (χ0n) is 14.6. The Hall–Kier alpha value is -1.69. The van der Waals surface area contributed by atoms with Gasteiger partial charge in [0.25, 0.3) is 0 Å². The standard InChI is InChI=1S/C18H26N4OS/c1-14-17(24-13-20-14)6-7-18(23)22-10-4-3-5-16(22)8-11-21-12-9-19-15(21)2/h9,12-13,16H,3-8,10-11H2,1-2H3. The predicted octanol–water partition coefficient (Wildman–Crippen LogP) is 3.36. The van der Waals surface area contributed by atoms with Crippen LogP contribution in [0.1, 0.15) is 48.5 Å². The van der Waals surface area contributed by atoms with E-state index < -0.39 is 0 Å². The Morgan fingerprint density at radius 1 is 1.33 bits per heavy atom. The van der Waals surface area contributed by atoms with Crippen LogP contribution in [0.2, 0.25) is 0 Å². The van der Waals surface area contributed by atoms with E-state index in [0.29, 0.717) is 18.4 Å². The highest BCUT2D eigenvalue weighted by atomic mass is 32.1. The maximum Gasteiger partial charge on any atom is 0.223 e. The van der Waals surface area contributed by atoms with Crippen molar-refractivity contribution in [2.24, 2.45) is 0 Å². The quantitative estimate of drug-likeness (QED) is 0.806. The molecule has 1 fully saturated rings. The van der Waals surface area contributed by atoms with Gasteiger partial charge in [-0.1, -0.05) is 0 Å². The van der Waals surface area contributed by atoms with Crippen LogP contribution in [0.4, 0.5) is 0 Å². The average molecular weight is 347 g/mol. The van der Waals surface area contributed by atoms with Crippen LogP contribution in [0.25, 0.3) is 0 Å². The molecule has 0 aliphatic carbocycles. The summed E-state index contributed by atoms with van der Waals surface area (Å²) < 4.78 is 2.18. The monoisotopic (exact) mass is 346 g/mol. The molecule has 0 saturated carbocycles. The zero-order chi connectivity index (χ0) is 16.9. The van der Waals surface area contributed by atoms with E-state index in [1.165, 1.54) is 11.3 Å². The molecule has 2 aromatic heterocycles. The molecule has 130 valence electrons. The molecule has 6 heteroatoms. The molecule has 3 heterocycles. The summed E-state index contributed by atoms with van der Waals surface area (Å²) in [6, 6.07) is 0.371. The summed E-state index contributed by atoms with van der Waals surface area (Å²) in [6.45, 7) is 5.90. The third-order valence-electron chi connectivity index (χ3n) is 4.99. The Labute approximate surface area is 147 Å². The van der Waals surface area contributed by atoms with Crippen molar-refractivity contribution in [2.45, 2.75) is 65.0 Å². The molecule has 0 N–H and O–H groups in total. The lowest BCUT2D eigenvalue weighted by Gasteiger charge is -2.36. The van der Waals surface area contributed by atoms with Crippen LogP contribution in [0.5, 0.6) is 0 Å². The number of piperidine rings is 1. The Morgan fingerprint density at radius 2 is 2.21 bits per heavy atom. The summed E-state index contributed by atoms with van der Waals surface area (Å²) in [4.78, 5) is 24.7. The van der Waals surface area contributed by atoms with Crippen molar-refractivity contribution in [2.75, 3.05) is 6.54 Å². The van der Waals surface area contributed by atoms with Crippen LogP contribution in [-0.2, 0) is 17.8 Å². The summed E-state index contributed by atoms with van der Waals surface area (Å²) in [7, 11) is 0. The van der Waals surface area contributed by atoms with Gasteiger partial charge in [0.1, 0.15) is 5.82 Å². The molecule has 3 rings (SSSR count). The molecule has 1 aliphatic heterocycles. The average Bonchev–Trinajstić information content (AvgIpc) is 3.19. The smallest absolute Gasteiger partial charge is 0.223 e. The van der Waals surface area contributed by atoms with Crippen molar-refractivity contribution in [1.82, 2.24) is 19.4 Å². The molecule has 1 aliphatic rings. The maximum atomic E-state index is 12.7. The van der Waals surface area contributed by atoms with Gasteiger partial charge in [-0.15, -0.1) is 11.3 Å². The lowest BCUT2D eigenvalue weighted by molar-refractivity contribution is -0.135. The number of thiazole rings is 1. The van der Waals surface area contributed by atoms with Crippen LogP contribution in [0.3, 0.4) is 0 Å². The minimum atomic E-state index is 0.301. The van der Waals surface area contributed by atoms with Crippen molar-refractivity contribution in [3.63, 3.8) is 0 Å². The number of amides is 1. The first-order valence-electron chi connectivity index (χ1n) is 8.81. The number of nitrogens with zero attached hydrogens (tertiary/aromatic N) is 4. The number of carbonyl (C=O) groups excluding carboxylic acids is 1. The number of hydrogen-bond donors (Lipinski definition) is 0. The molecule has 5 nitrogen and oxygen atoms in total. The third-order valence-corrected chi connectivity index (χ3v) is 5.98. The number of aryl methyl sites for hydroxylation is 4. The van der Waals surface area contributed by atoms with E-state index >= 15 is 0 Å². The van der Waals surface area contributed by atoms with E-state index in [4.69, 9.17) is 0 Å². The van der Waals surface area contributed by atoms with Gasteiger partial charge in [0.05, 0.1) is 11.2 Å². The Balaban J connectivity index is 1.56. The largest absolute Gasteiger partial charge is 0.340 e. The van der Waals surface area contributed by atoms with Crippen LogP contribution in [0.15, 0.2) is 17.9 Å². The van der Waals surface area contributed by atoms with Crippen molar-refractivity contribution < 1.29 is 4.79 Å². The number of hydrogen-bond acceptors (Lipinski definition) is 4. The van der Waals surface area contributed by atoms with E-state index in [-0.39, 0.29) is 0 Å². The van der Waals surface area contributed by atoms with Gasteiger partial charge in [-0.3, -0.25) is 4.79 Å². The molecule has 1 saturated heterocycles. The Bertz CT molecular complexity index is 678. The zero-order valence-corrected chi connectivity index (χ0v) is 15.4. The van der Waals surface area contributed by atoms with Crippen molar-refractivity contribution in [3.05, 3.63) is 34.3 Å². The summed E-state index contributed by atoms with van der Waals surface area (Å²) in [5.74, 6) is 1.35. The summed E-state index contributed by atoms with van der Waals surface area (Å²) in [5.41, 5.74) is 2.94. The topological polar surface area (TPSA) is 51.0 Å². The van der Waals surface area contributed by atoms with E-state index in [9.17, 15) is 4.79 Å². The summed E-state index contributed by atoms with van der Waals surface area (Å²) >= 11 is 1.66. The van der Waals surface area contributed by atoms with E-state index in [1.54, 1.807) is 11.3 Å². The van der Waals surface area contributed by atoms with Gasteiger partial charge in [-0.25, -0.2) is 9.97 Å². The minimum Gasteiger partial charge on any atom is -0.340 e. The van der Waals surface area contributed by atoms with Gasteiger partial charge in [-0.05, 0) is 46.0 Å². The Kier molecular flexibility index (Phi) is 5.66. The van der Waals surface area contributed by atoms with E-state index in [2.05, 4.69) is 19.4 Å². The fraction of sp³-hybridized carbons (Fsp3) is 0.611. The second-order valence-electron chi connectivity index (χ2n) is 6.55. The number of likely N-dealkylation sites (tertiary alicyclic amines) is 1. The first kappa shape index (κ1) is 17.1. The molecule has 0 spiro atoms. The van der Waals surface area contributed by atoms with Crippen LogP contribution < -0.4 is 0 Å². The van der Waals surface area contributed by atoms with Gasteiger partial charge < -0.3 is 9.47 Å². The second-order valence-corrected chi connectivity index (χ2v) is 7.49. The number of imidazole rings is 1. The SMILES string of the molecule is Cc1ncsc1CCC(=O)N1CCCCC1CCn1ccnc1C. The molecular weight excluding hydrogens is 320 g/mol. The molecule has 1 amide bonds. The predicted molar refractivity (Wildman–Crippen MR) is 96.1 cm³/mol. The van der Waals surface area contributed by atoms with Gasteiger partial charge in [0.2, 0.25) is 5.91 Å². The highest BCUT2D eigenvalue weighted by Gasteiger charge is 2.26. The third kappa shape index (κ3) is 4.04. The highest BCUT2D eigenvalue weighted by Crippen LogP contribution is 2.23. The number of carbonyl (C=O) groups is 1. The lowest BCUT2D eigenvalue weighted by atomic mass is 9.98. The van der Waals surface area contributed by atoms with E-state index in [1.807, 2.05) is 31.8 Å². The van der Waals surface area contributed by atoms with Gasteiger partial charge in [-0.2, -0.15) is 0 Å². The molecule has 1 unspecified atom stereocenters. The van der Waals surface area contributed by atoms with Gasteiger partial charge in [0, 0.05) is 42.8 Å². The molecule has 0 radical (unpaired) electrons. The first-order chi connectivity index (χ1) is 11.6. The van der Waals surface area contributed by atoms with Gasteiger partial charge >= 0.3 is 0 Å². The fourth-order valence-corrected chi connectivity index (χ4v) is 4.27. The van der Waals surface area contributed by atoms with Crippen LogP contribution >= 0.6 is 11.3 Å². The minimum absolute atomic E-state index is 0.301. The molecular formula is C18H26N4OS. The molecule has 0 aromatic carbocycles. The molecule has 1 atom stereocenters. The maximum absolute atomic E-state index is 12.7. The van der Waals surface area contributed by atoms with Crippen molar-refractivity contribution in [3.8, 4) is 0 Å². The summed E-state index contributed by atoms with van der Waals surface area (Å²) in [5, 5.41) is 0. The van der Waals surface area contributed by atoms with E-state index in [0.717, 1.165) is 50.3 Å². The van der Waals surface area contributed by atoms with Crippen LogP contribution in [0, 0.1) is 13.8 Å².